The van der Waals surface area contributed by atoms with Crippen LogP contribution in [0.2, 0.25) is 0 Å². The maximum Gasteiger partial charge on any atom is 0.268 e. The first-order chi connectivity index (χ1) is 9.97. The van der Waals surface area contributed by atoms with Crippen LogP contribution in [-0.2, 0) is 16.5 Å². The number of hydrogen-bond acceptors (Lipinski definition) is 3. The first-order valence-electron chi connectivity index (χ1n) is 6.55. The first kappa shape index (κ1) is 15.4. The summed E-state index contributed by atoms with van der Waals surface area (Å²) in [5.74, 6) is -0.297. The van der Waals surface area contributed by atoms with E-state index < -0.39 is 15.4 Å². The Morgan fingerprint density at radius 3 is 2.00 bits per heavy atom. The summed E-state index contributed by atoms with van der Waals surface area (Å²) in [4.78, 5) is 12.1. The lowest BCUT2D eigenvalue weighted by atomic mass is 10.0. The molecule has 110 valence electrons. The van der Waals surface area contributed by atoms with E-state index in [4.69, 9.17) is 0 Å². The van der Waals surface area contributed by atoms with Gasteiger partial charge in [0.2, 0.25) is 0 Å². The molecule has 1 atom stereocenters. The Hall–Kier alpha value is -1.98. The Kier molecular flexibility index (Phi) is 4.88. The van der Waals surface area contributed by atoms with Crippen LogP contribution in [0.15, 0.2) is 60.7 Å². The standard InChI is InChI=1S/C16H16O4S/c17-16(14-9-5-2-6-10-14)12-15(21(18,19)20)11-13-7-3-1-4-8-13/h1-10,15H,11-12H2,(H,18,19,20). The van der Waals surface area contributed by atoms with Crippen LogP contribution in [0.25, 0.3) is 0 Å². The fourth-order valence-corrected chi connectivity index (χ4v) is 2.87. The molecule has 0 saturated carbocycles. The van der Waals surface area contributed by atoms with Crippen molar-refractivity contribution in [3.05, 3.63) is 71.8 Å². The molecule has 2 aromatic rings. The highest BCUT2D eigenvalue weighted by Gasteiger charge is 2.26. The normalized spacial score (nSPS) is 12.8. The molecule has 0 amide bonds. The molecule has 0 aliphatic carbocycles. The van der Waals surface area contributed by atoms with Gasteiger partial charge in [-0.25, -0.2) is 0 Å². The van der Waals surface area contributed by atoms with Gasteiger partial charge in [0.1, 0.15) is 0 Å². The molecule has 1 N–H and O–H groups in total. The average Bonchev–Trinajstić information content (AvgIpc) is 2.47. The third-order valence-electron chi connectivity index (χ3n) is 3.24. The summed E-state index contributed by atoms with van der Waals surface area (Å²) >= 11 is 0. The van der Waals surface area contributed by atoms with Gasteiger partial charge in [0.25, 0.3) is 10.1 Å². The predicted octanol–water partition coefficient (Wildman–Crippen LogP) is 2.76. The number of Topliss-reactive ketones (excluding diaryl/α,β-unsaturated/α-hetero) is 1. The summed E-state index contributed by atoms with van der Waals surface area (Å²) in [5.41, 5.74) is 1.21. The Morgan fingerprint density at radius 1 is 0.952 bits per heavy atom. The predicted molar refractivity (Wildman–Crippen MR) is 80.9 cm³/mol. The number of hydrogen-bond donors (Lipinski definition) is 1. The van der Waals surface area contributed by atoms with E-state index in [2.05, 4.69) is 0 Å². The van der Waals surface area contributed by atoms with E-state index in [9.17, 15) is 17.8 Å². The molecular weight excluding hydrogens is 288 g/mol. The fraction of sp³-hybridized carbons (Fsp3) is 0.188. The van der Waals surface area contributed by atoms with Crippen molar-refractivity contribution in [3.8, 4) is 0 Å². The number of ketones is 1. The highest BCUT2D eigenvalue weighted by Crippen LogP contribution is 2.16. The van der Waals surface area contributed by atoms with Gasteiger partial charge in [-0.1, -0.05) is 60.7 Å². The van der Waals surface area contributed by atoms with E-state index in [0.29, 0.717) is 5.56 Å². The van der Waals surface area contributed by atoms with Gasteiger partial charge in [-0.3, -0.25) is 9.35 Å². The van der Waals surface area contributed by atoms with Crippen LogP contribution in [-0.4, -0.2) is 24.0 Å². The second kappa shape index (κ2) is 6.65. The van der Waals surface area contributed by atoms with Gasteiger partial charge >= 0.3 is 0 Å². The average molecular weight is 304 g/mol. The lowest BCUT2D eigenvalue weighted by Crippen LogP contribution is -2.26. The highest BCUT2D eigenvalue weighted by molar-refractivity contribution is 7.86. The molecule has 0 radical (unpaired) electrons. The van der Waals surface area contributed by atoms with E-state index in [1.54, 1.807) is 54.6 Å². The van der Waals surface area contributed by atoms with Crippen LogP contribution in [0.4, 0.5) is 0 Å². The van der Waals surface area contributed by atoms with E-state index in [1.165, 1.54) is 0 Å². The van der Waals surface area contributed by atoms with Crippen molar-refractivity contribution in [3.63, 3.8) is 0 Å². The Morgan fingerprint density at radius 2 is 1.48 bits per heavy atom. The maximum atomic E-state index is 12.1. The number of carbonyl (C=O) groups excluding carboxylic acids is 1. The Bertz CT molecular complexity index is 694. The van der Waals surface area contributed by atoms with E-state index in [-0.39, 0.29) is 18.6 Å². The summed E-state index contributed by atoms with van der Waals surface area (Å²) in [6, 6.07) is 17.4. The van der Waals surface area contributed by atoms with Crippen LogP contribution in [0.5, 0.6) is 0 Å². The van der Waals surface area contributed by atoms with Crippen molar-refractivity contribution in [1.29, 1.82) is 0 Å². The molecule has 4 nitrogen and oxygen atoms in total. The topological polar surface area (TPSA) is 71.4 Å². The minimum atomic E-state index is -4.29. The molecule has 0 heterocycles. The van der Waals surface area contributed by atoms with Crippen LogP contribution < -0.4 is 0 Å². The molecule has 0 spiro atoms. The quantitative estimate of drug-likeness (QED) is 0.658. The number of benzene rings is 2. The van der Waals surface area contributed by atoms with Crippen molar-refractivity contribution in [2.45, 2.75) is 18.1 Å². The second-order valence-corrected chi connectivity index (χ2v) is 6.52. The van der Waals surface area contributed by atoms with Crippen LogP contribution in [0.3, 0.4) is 0 Å². The summed E-state index contributed by atoms with van der Waals surface area (Å²) < 4.78 is 32.4. The first-order valence-corrected chi connectivity index (χ1v) is 8.05. The lowest BCUT2D eigenvalue weighted by Gasteiger charge is -2.13. The molecule has 21 heavy (non-hydrogen) atoms. The molecule has 2 aromatic carbocycles. The van der Waals surface area contributed by atoms with Gasteiger partial charge in [-0.2, -0.15) is 8.42 Å². The minimum Gasteiger partial charge on any atom is -0.294 e. The van der Waals surface area contributed by atoms with Gasteiger partial charge < -0.3 is 0 Å². The van der Waals surface area contributed by atoms with E-state index in [0.717, 1.165) is 5.56 Å². The van der Waals surface area contributed by atoms with E-state index >= 15 is 0 Å². The Labute approximate surface area is 124 Å². The molecule has 1 unspecified atom stereocenters. The Balaban J connectivity index is 2.17. The zero-order valence-electron chi connectivity index (χ0n) is 11.3. The molecule has 5 heteroatoms. The van der Waals surface area contributed by atoms with Crippen molar-refractivity contribution in [2.24, 2.45) is 0 Å². The third kappa shape index (κ3) is 4.51. The maximum absolute atomic E-state index is 12.1. The summed E-state index contributed by atoms with van der Waals surface area (Å²) in [7, 11) is -4.29. The smallest absolute Gasteiger partial charge is 0.268 e. The molecule has 0 aliphatic heterocycles. The third-order valence-corrected chi connectivity index (χ3v) is 4.41. The monoisotopic (exact) mass is 304 g/mol. The SMILES string of the molecule is O=C(CC(Cc1ccccc1)S(=O)(=O)O)c1ccccc1. The molecule has 0 aromatic heterocycles. The van der Waals surface area contributed by atoms with Crippen molar-refractivity contribution < 1.29 is 17.8 Å². The number of carbonyl (C=O) groups is 1. The van der Waals surface area contributed by atoms with Crippen molar-refractivity contribution >= 4 is 15.9 Å². The minimum absolute atomic E-state index is 0.109. The zero-order chi connectivity index (χ0) is 15.3. The van der Waals surface area contributed by atoms with Crippen molar-refractivity contribution in [1.82, 2.24) is 0 Å². The van der Waals surface area contributed by atoms with Gasteiger partial charge in [0.15, 0.2) is 5.78 Å². The van der Waals surface area contributed by atoms with Crippen LogP contribution in [0.1, 0.15) is 22.3 Å². The second-order valence-electron chi connectivity index (χ2n) is 4.82. The van der Waals surface area contributed by atoms with E-state index in [1.807, 2.05) is 6.07 Å². The van der Waals surface area contributed by atoms with Gasteiger partial charge in [-0.15, -0.1) is 0 Å². The fourth-order valence-electron chi connectivity index (χ4n) is 2.11. The summed E-state index contributed by atoms with van der Waals surface area (Å²) in [6.45, 7) is 0. The molecule has 0 aliphatic rings. The van der Waals surface area contributed by atoms with Gasteiger partial charge in [0, 0.05) is 12.0 Å². The van der Waals surface area contributed by atoms with Crippen LogP contribution >= 0.6 is 0 Å². The lowest BCUT2D eigenvalue weighted by molar-refractivity contribution is 0.0980. The van der Waals surface area contributed by atoms with Crippen molar-refractivity contribution in [2.75, 3.05) is 0 Å². The van der Waals surface area contributed by atoms with Gasteiger partial charge in [0.05, 0.1) is 5.25 Å². The number of rotatable bonds is 6. The highest BCUT2D eigenvalue weighted by atomic mass is 32.2. The molecular formula is C16H16O4S. The van der Waals surface area contributed by atoms with Crippen LogP contribution in [0, 0.1) is 0 Å². The molecule has 0 bridgehead atoms. The summed E-state index contributed by atoms with van der Waals surface area (Å²) in [5, 5.41) is -1.13. The summed E-state index contributed by atoms with van der Waals surface area (Å²) in [6.07, 6.45) is -0.129. The molecule has 2 rings (SSSR count). The largest absolute Gasteiger partial charge is 0.294 e. The van der Waals surface area contributed by atoms with Gasteiger partial charge in [-0.05, 0) is 12.0 Å². The molecule has 0 saturated heterocycles. The zero-order valence-corrected chi connectivity index (χ0v) is 12.2. The molecule has 0 fully saturated rings.